The van der Waals surface area contributed by atoms with Gasteiger partial charge in [-0.1, -0.05) is 0 Å². The average Bonchev–Trinajstić information content (AvgIpc) is 2.93. The Labute approximate surface area is 134 Å². The Bertz CT molecular complexity index is 816. The fourth-order valence-corrected chi connectivity index (χ4v) is 3.05. The smallest absolute Gasteiger partial charge is 0.344 e. The van der Waals surface area contributed by atoms with Gasteiger partial charge in [-0.3, -0.25) is 0 Å². The van der Waals surface area contributed by atoms with Crippen LogP contribution in [0.25, 0.3) is 11.0 Å². The molecule has 0 spiro atoms. The fraction of sp³-hybridized carbons (Fsp3) is 0.444. The maximum absolute atomic E-state index is 12.1. The number of carbonyl (C=O) groups is 1. The van der Waals surface area contributed by atoms with E-state index in [1.165, 1.54) is 0 Å². The van der Waals surface area contributed by atoms with Crippen LogP contribution in [0.3, 0.4) is 0 Å². The Morgan fingerprint density at radius 3 is 2.74 bits per heavy atom. The third-order valence-corrected chi connectivity index (χ3v) is 3.89. The summed E-state index contributed by atoms with van der Waals surface area (Å²) in [6, 6.07) is 3.69. The first kappa shape index (κ1) is 15.6. The van der Waals surface area contributed by atoms with Crippen LogP contribution in [0.5, 0.6) is 5.75 Å². The van der Waals surface area contributed by atoms with Crippen molar-refractivity contribution in [2.75, 3.05) is 6.61 Å². The quantitative estimate of drug-likeness (QED) is 0.641. The van der Waals surface area contributed by atoms with E-state index in [4.69, 9.17) is 13.9 Å². The van der Waals surface area contributed by atoms with Gasteiger partial charge in [-0.25, -0.2) is 9.59 Å². The Morgan fingerprint density at radius 1 is 1.26 bits per heavy atom. The largest absolute Gasteiger partial charge is 0.481 e. The molecule has 23 heavy (non-hydrogen) atoms. The summed E-state index contributed by atoms with van der Waals surface area (Å²) in [7, 11) is 0. The van der Waals surface area contributed by atoms with Crippen LogP contribution in [-0.4, -0.2) is 18.7 Å². The number of esters is 1. The van der Waals surface area contributed by atoms with E-state index in [0.717, 1.165) is 41.3 Å². The van der Waals surface area contributed by atoms with E-state index >= 15 is 0 Å². The van der Waals surface area contributed by atoms with Crippen molar-refractivity contribution in [3.8, 4) is 5.75 Å². The van der Waals surface area contributed by atoms with Crippen LogP contribution in [0, 0.1) is 6.92 Å². The van der Waals surface area contributed by atoms with Gasteiger partial charge >= 0.3 is 11.6 Å². The summed E-state index contributed by atoms with van der Waals surface area (Å²) in [5, 5.41) is 0.806. The third-order valence-electron chi connectivity index (χ3n) is 3.89. The first-order chi connectivity index (χ1) is 11.0. The molecule has 122 valence electrons. The molecule has 0 aliphatic heterocycles. The van der Waals surface area contributed by atoms with E-state index < -0.39 is 5.97 Å². The van der Waals surface area contributed by atoms with Crippen LogP contribution in [0.4, 0.5) is 0 Å². The number of benzene rings is 1. The first-order valence-electron chi connectivity index (χ1n) is 7.87. The molecule has 0 saturated heterocycles. The van der Waals surface area contributed by atoms with Crippen molar-refractivity contribution >= 4 is 16.9 Å². The van der Waals surface area contributed by atoms with Gasteiger partial charge in [0.1, 0.15) is 11.3 Å². The number of fused-ring (bicyclic) bond motifs is 3. The zero-order valence-electron chi connectivity index (χ0n) is 13.6. The topological polar surface area (TPSA) is 65.7 Å². The Balaban J connectivity index is 2.01. The minimum atomic E-state index is -0.413. The van der Waals surface area contributed by atoms with Crippen LogP contribution in [-0.2, 0) is 22.4 Å². The molecule has 3 rings (SSSR count). The van der Waals surface area contributed by atoms with Crippen LogP contribution < -0.4 is 10.4 Å². The molecular formula is C18H20O5. The van der Waals surface area contributed by atoms with Gasteiger partial charge in [0.25, 0.3) is 0 Å². The van der Waals surface area contributed by atoms with Crippen molar-refractivity contribution in [3.63, 3.8) is 0 Å². The third kappa shape index (κ3) is 3.09. The molecule has 0 atom stereocenters. The highest BCUT2D eigenvalue weighted by Gasteiger charge is 2.22. The predicted molar refractivity (Wildman–Crippen MR) is 86.0 cm³/mol. The second-order valence-electron chi connectivity index (χ2n) is 6.16. The molecule has 0 saturated carbocycles. The van der Waals surface area contributed by atoms with E-state index in [0.29, 0.717) is 11.3 Å². The van der Waals surface area contributed by atoms with E-state index in [9.17, 15) is 9.59 Å². The molecule has 0 fully saturated rings. The van der Waals surface area contributed by atoms with Crippen LogP contribution in [0.2, 0.25) is 0 Å². The van der Waals surface area contributed by atoms with Crippen molar-refractivity contribution < 1.29 is 18.7 Å². The molecule has 0 N–H and O–H groups in total. The predicted octanol–water partition coefficient (Wildman–Crippen LogP) is 2.92. The van der Waals surface area contributed by atoms with Crippen molar-refractivity contribution in [1.29, 1.82) is 0 Å². The van der Waals surface area contributed by atoms with Gasteiger partial charge in [0.2, 0.25) is 0 Å². The van der Waals surface area contributed by atoms with E-state index in [1.54, 1.807) is 13.8 Å². The number of hydrogen-bond acceptors (Lipinski definition) is 5. The zero-order valence-corrected chi connectivity index (χ0v) is 13.6. The molecule has 0 amide bonds. The summed E-state index contributed by atoms with van der Waals surface area (Å²) >= 11 is 0. The standard InChI is InChI=1S/C18H20O5/c1-10(2)22-16(19)9-21-14-7-11(3)8-15-17(14)12-5-4-6-13(12)18(20)23-15/h7-8,10H,4-6,9H2,1-3H3. The van der Waals surface area contributed by atoms with Crippen LogP contribution in [0.15, 0.2) is 21.3 Å². The van der Waals surface area contributed by atoms with E-state index in [1.807, 2.05) is 19.1 Å². The second-order valence-corrected chi connectivity index (χ2v) is 6.16. The highest BCUT2D eigenvalue weighted by atomic mass is 16.6. The van der Waals surface area contributed by atoms with Crippen LogP contribution >= 0.6 is 0 Å². The summed E-state index contributed by atoms with van der Waals surface area (Å²) < 4.78 is 16.2. The highest BCUT2D eigenvalue weighted by molar-refractivity contribution is 5.89. The molecule has 1 aromatic heterocycles. The molecule has 1 aliphatic rings. The number of rotatable bonds is 4. The van der Waals surface area contributed by atoms with Gasteiger partial charge in [-0.05, 0) is 63.3 Å². The molecule has 0 radical (unpaired) electrons. The Morgan fingerprint density at radius 2 is 2.00 bits per heavy atom. The Hall–Kier alpha value is -2.30. The number of carbonyl (C=O) groups excluding carboxylic acids is 1. The lowest BCUT2D eigenvalue weighted by Crippen LogP contribution is -2.19. The maximum atomic E-state index is 12.1. The summed E-state index contributed by atoms with van der Waals surface area (Å²) in [5.41, 5.74) is 2.88. The summed E-state index contributed by atoms with van der Waals surface area (Å²) in [6.07, 6.45) is 2.31. The summed E-state index contributed by atoms with van der Waals surface area (Å²) in [5.74, 6) is 0.159. The Kier molecular flexibility index (Phi) is 4.11. The lowest BCUT2D eigenvalue weighted by atomic mass is 10.0. The number of hydrogen-bond donors (Lipinski definition) is 0. The lowest BCUT2D eigenvalue weighted by molar-refractivity contribution is -0.149. The molecule has 1 aliphatic carbocycles. The molecule has 5 heteroatoms. The minimum absolute atomic E-state index is 0.162. The normalized spacial score (nSPS) is 13.4. The van der Waals surface area contributed by atoms with Crippen LogP contribution in [0.1, 0.15) is 37.0 Å². The van der Waals surface area contributed by atoms with Gasteiger partial charge in [0.05, 0.1) is 11.5 Å². The summed E-state index contributed by atoms with van der Waals surface area (Å²) in [6.45, 7) is 5.32. The fourth-order valence-electron chi connectivity index (χ4n) is 3.05. The van der Waals surface area contributed by atoms with Gasteiger partial charge in [0, 0.05) is 5.56 Å². The maximum Gasteiger partial charge on any atom is 0.344 e. The van der Waals surface area contributed by atoms with Gasteiger partial charge in [-0.15, -0.1) is 0 Å². The van der Waals surface area contributed by atoms with Crippen molar-refractivity contribution in [2.45, 2.75) is 46.1 Å². The second kappa shape index (κ2) is 6.07. The lowest BCUT2D eigenvalue weighted by Gasteiger charge is -2.13. The highest BCUT2D eigenvalue weighted by Crippen LogP contribution is 2.35. The van der Waals surface area contributed by atoms with E-state index in [-0.39, 0.29) is 18.3 Å². The molecule has 2 aromatic rings. The zero-order chi connectivity index (χ0) is 16.6. The van der Waals surface area contributed by atoms with Gasteiger partial charge < -0.3 is 13.9 Å². The molecule has 1 heterocycles. The van der Waals surface area contributed by atoms with Crippen molar-refractivity contribution in [3.05, 3.63) is 39.2 Å². The molecule has 5 nitrogen and oxygen atoms in total. The number of aryl methyl sites for hydroxylation is 2. The molecule has 0 unspecified atom stereocenters. The average molecular weight is 316 g/mol. The molecular weight excluding hydrogens is 296 g/mol. The van der Waals surface area contributed by atoms with Crippen molar-refractivity contribution in [2.24, 2.45) is 0 Å². The number of ether oxygens (including phenoxy) is 2. The first-order valence-corrected chi connectivity index (χ1v) is 7.87. The van der Waals surface area contributed by atoms with Crippen molar-refractivity contribution in [1.82, 2.24) is 0 Å². The molecule has 1 aromatic carbocycles. The summed E-state index contributed by atoms with van der Waals surface area (Å²) in [4.78, 5) is 23.8. The monoisotopic (exact) mass is 316 g/mol. The van der Waals surface area contributed by atoms with E-state index in [2.05, 4.69) is 0 Å². The molecule has 0 bridgehead atoms. The SMILES string of the molecule is Cc1cc(OCC(=O)OC(C)C)c2c3c(c(=O)oc2c1)CCC3. The van der Waals surface area contributed by atoms with Gasteiger partial charge in [-0.2, -0.15) is 0 Å². The van der Waals surface area contributed by atoms with Gasteiger partial charge in [0.15, 0.2) is 6.61 Å². The minimum Gasteiger partial charge on any atom is -0.481 e.